The minimum absolute atomic E-state index is 0.146. The molecule has 170 valence electrons. The second kappa shape index (κ2) is 8.71. The molecule has 32 heavy (non-hydrogen) atoms. The zero-order valence-corrected chi connectivity index (χ0v) is 20.3. The van der Waals surface area contributed by atoms with E-state index in [1.807, 2.05) is 12.1 Å². The minimum atomic E-state index is -3.43. The highest BCUT2D eigenvalue weighted by Gasteiger charge is 2.26. The first-order valence-corrected chi connectivity index (χ1v) is 12.9. The predicted octanol–water partition coefficient (Wildman–Crippen LogP) is 3.76. The van der Waals surface area contributed by atoms with Gasteiger partial charge in [-0.2, -0.15) is 0 Å². The monoisotopic (exact) mass is 473 g/mol. The number of sulfone groups is 1. The summed E-state index contributed by atoms with van der Waals surface area (Å²) >= 11 is 1.64. The molecule has 1 fully saturated rings. The van der Waals surface area contributed by atoms with Gasteiger partial charge in [0.2, 0.25) is 0 Å². The number of aryl methyl sites for hydroxylation is 1. The Bertz CT molecular complexity index is 1260. The van der Waals surface area contributed by atoms with Gasteiger partial charge in [0, 0.05) is 31.7 Å². The normalized spacial score (nSPS) is 14.9. The molecule has 0 spiro atoms. The molecule has 9 heteroatoms. The van der Waals surface area contributed by atoms with Crippen LogP contribution in [0.4, 0.5) is 5.13 Å². The Morgan fingerprint density at radius 1 is 1.12 bits per heavy atom. The van der Waals surface area contributed by atoms with Crippen molar-refractivity contribution in [1.82, 2.24) is 9.88 Å². The van der Waals surface area contributed by atoms with Crippen LogP contribution >= 0.6 is 11.3 Å². The first-order valence-electron chi connectivity index (χ1n) is 10.5. The summed E-state index contributed by atoms with van der Waals surface area (Å²) in [4.78, 5) is 22.0. The fraction of sp³-hybridized carbons (Fsp3) is 0.391. The minimum Gasteiger partial charge on any atom is -0.494 e. The Morgan fingerprint density at radius 3 is 2.50 bits per heavy atom. The number of anilines is 1. The molecule has 0 N–H and O–H groups in total. The van der Waals surface area contributed by atoms with Gasteiger partial charge in [-0.05, 0) is 50.6 Å². The predicted molar refractivity (Wildman–Crippen MR) is 128 cm³/mol. The summed E-state index contributed by atoms with van der Waals surface area (Å²) in [5.41, 5.74) is 2.43. The highest BCUT2D eigenvalue weighted by atomic mass is 32.2. The topological polar surface area (TPSA) is 79.8 Å². The Labute approximate surface area is 192 Å². The maximum absolute atomic E-state index is 13.0. The van der Waals surface area contributed by atoms with Gasteiger partial charge in [-0.25, -0.2) is 13.4 Å². The van der Waals surface area contributed by atoms with E-state index in [1.165, 1.54) is 6.07 Å². The molecule has 3 aromatic rings. The number of fused-ring (bicyclic) bond motifs is 1. The molecular formula is C23H27N3O4S2. The zero-order valence-electron chi connectivity index (χ0n) is 18.7. The lowest BCUT2D eigenvalue weighted by Gasteiger charge is -2.34. The lowest BCUT2D eigenvalue weighted by atomic mass is 10.2. The summed E-state index contributed by atoms with van der Waals surface area (Å²) in [6.45, 7) is 7.77. The molecule has 1 aromatic heterocycles. The first-order chi connectivity index (χ1) is 15.2. The standard InChI is InChI=1S/C23H27N3O4S2/c1-15(2)32(28,29)18-7-5-6-17(14-18)22(27)25-10-12-26(13-11-25)23-24-20-19(30-4)9-8-16(3)21(20)31-23/h5-9,14-15H,10-13H2,1-4H3. The van der Waals surface area contributed by atoms with Crippen LogP contribution in [-0.4, -0.2) is 62.7 Å². The van der Waals surface area contributed by atoms with E-state index >= 15 is 0 Å². The smallest absolute Gasteiger partial charge is 0.254 e. The molecule has 1 aliphatic rings. The number of methoxy groups -OCH3 is 1. The average Bonchev–Trinajstić information content (AvgIpc) is 3.25. The number of hydrogen-bond acceptors (Lipinski definition) is 7. The Kier molecular flexibility index (Phi) is 6.13. The van der Waals surface area contributed by atoms with E-state index in [0.29, 0.717) is 31.7 Å². The van der Waals surface area contributed by atoms with Gasteiger partial charge >= 0.3 is 0 Å². The molecule has 4 rings (SSSR count). The van der Waals surface area contributed by atoms with Crippen LogP contribution in [0.3, 0.4) is 0 Å². The molecule has 0 aliphatic carbocycles. The molecule has 2 aromatic carbocycles. The van der Waals surface area contributed by atoms with Crippen LogP contribution in [0, 0.1) is 6.92 Å². The number of ether oxygens (including phenoxy) is 1. The third-order valence-electron chi connectivity index (χ3n) is 5.78. The van der Waals surface area contributed by atoms with E-state index < -0.39 is 15.1 Å². The van der Waals surface area contributed by atoms with E-state index in [0.717, 1.165) is 26.7 Å². The lowest BCUT2D eigenvalue weighted by Crippen LogP contribution is -2.48. The number of piperazine rings is 1. The molecule has 0 saturated carbocycles. The molecular weight excluding hydrogens is 446 g/mol. The van der Waals surface area contributed by atoms with Crippen molar-refractivity contribution >= 4 is 42.4 Å². The van der Waals surface area contributed by atoms with Crippen LogP contribution < -0.4 is 9.64 Å². The number of hydrogen-bond donors (Lipinski definition) is 0. The maximum Gasteiger partial charge on any atom is 0.254 e. The van der Waals surface area contributed by atoms with Crippen LogP contribution in [0.1, 0.15) is 29.8 Å². The van der Waals surface area contributed by atoms with Crippen molar-refractivity contribution in [2.75, 3.05) is 38.2 Å². The van der Waals surface area contributed by atoms with E-state index in [-0.39, 0.29) is 10.8 Å². The quantitative estimate of drug-likeness (QED) is 0.561. The fourth-order valence-corrected chi connectivity index (χ4v) is 5.97. The van der Waals surface area contributed by atoms with Crippen molar-refractivity contribution in [3.8, 4) is 5.75 Å². The summed E-state index contributed by atoms with van der Waals surface area (Å²) in [7, 11) is -1.78. The van der Waals surface area contributed by atoms with Crippen molar-refractivity contribution in [2.45, 2.75) is 30.9 Å². The van der Waals surface area contributed by atoms with Gasteiger partial charge in [0.15, 0.2) is 15.0 Å². The number of carbonyl (C=O) groups excluding carboxylic acids is 1. The van der Waals surface area contributed by atoms with Crippen molar-refractivity contribution in [1.29, 1.82) is 0 Å². The number of carbonyl (C=O) groups is 1. The molecule has 0 unspecified atom stereocenters. The number of thiazole rings is 1. The molecule has 2 heterocycles. The second-order valence-corrected chi connectivity index (χ2v) is 11.6. The van der Waals surface area contributed by atoms with Crippen molar-refractivity contribution in [3.63, 3.8) is 0 Å². The Morgan fingerprint density at radius 2 is 1.84 bits per heavy atom. The summed E-state index contributed by atoms with van der Waals surface area (Å²) in [5, 5.41) is 0.386. The van der Waals surface area contributed by atoms with E-state index in [1.54, 1.807) is 55.4 Å². The molecule has 1 saturated heterocycles. The van der Waals surface area contributed by atoms with Crippen molar-refractivity contribution in [3.05, 3.63) is 47.5 Å². The molecule has 0 radical (unpaired) electrons. The van der Waals surface area contributed by atoms with Crippen LogP contribution in [0.2, 0.25) is 0 Å². The summed E-state index contributed by atoms with van der Waals surface area (Å²) in [6.07, 6.45) is 0. The number of rotatable bonds is 5. The molecule has 7 nitrogen and oxygen atoms in total. The van der Waals surface area contributed by atoms with Crippen LogP contribution in [0.25, 0.3) is 10.2 Å². The first kappa shape index (κ1) is 22.5. The van der Waals surface area contributed by atoms with Gasteiger partial charge in [-0.1, -0.05) is 23.5 Å². The van der Waals surface area contributed by atoms with Gasteiger partial charge in [0.05, 0.1) is 22.0 Å². The van der Waals surface area contributed by atoms with Crippen LogP contribution in [0.15, 0.2) is 41.3 Å². The fourth-order valence-electron chi connectivity index (χ4n) is 3.76. The maximum atomic E-state index is 13.0. The van der Waals surface area contributed by atoms with Gasteiger partial charge in [-0.15, -0.1) is 0 Å². The number of aromatic nitrogens is 1. The number of nitrogens with zero attached hydrogens (tertiary/aromatic N) is 3. The van der Waals surface area contributed by atoms with E-state index in [4.69, 9.17) is 9.72 Å². The number of benzene rings is 2. The molecule has 1 aliphatic heterocycles. The van der Waals surface area contributed by atoms with E-state index in [2.05, 4.69) is 11.8 Å². The van der Waals surface area contributed by atoms with Crippen molar-refractivity contribution < 1.29 is 17.9 Å². The van der Waals surface area contributed by atoms with Gasteiger partial charge in [0.1, 0.15) is 11.3 Å². The highest BCUT2D eigenvalue weighted by Crippen LogP contribution is 2.36. The Balaban J connectivity index is 1.49. The van der Waals surface area contributed by atoms with Crippen LogP contribution in [-0.2, 0) is 9.84 Å². The Hall–Kier alpha value is -2.65. The van der Waals surface area contributed by atoms with E-state index in [9.17, 15) is 13.2 Å². The van der Waals surface area contributed by atoms with Gasteiger partial charge < -0.3 is 14.5 Å². The third-order valence-corrected chi connectivity index (χ3v) is 9.18. The summed E-state index contributed by atoms with van der Waals surface area (Å²) in [5.74, 6) is 0.616. The number of amides is 1. The largest absolute Gasteiger partial charge is 0.494 e. The average molecular weight is 474 g/mol. The molecule has 0 atom stereocenters. The van der Waals surface area contributed by atoms with Gasteiger partial charge in [-0.3, -0.25) is 4.79 Å². The highest BCUT2D eigenvalue weighted by molar-refractivity contribution is 7.92. The van der Waals surface area contributed by atoms with Crippen LogP contribution in [0.5, 0.6) is 5.75 Å². The molecule has 0 bridgehead atoms. The van der Waals surface area contributed by atoms with Crippen molar-refractivity contribution in [2.24, 2.45) is 0 Å². The summed E-state index contributed by atoms with van der Waals surface area (Å²) in [6, 6.07) is 10.3. The SMILES string of the molecule is COc1ccc(C)c2sc(N3CCN(C(=O)c4cccc(S(=O)(=O)C(C)C)c4)CC3)nc12. The zero-order chi connectivity index (χ0) is 23.0. The third kappa shape index (κ3) is 4.06. The summed E-state index contributed by atoms with van der Waals surface area (Å²) < 4.78 is 31.5. The molecule has 1 amide bonds. The van der Waals surface area contributed by atoms with Gasteiger partial charge in [0.25, 0.3) is 5.91 Å². The lowest BCUT2D eigenvalue weighted by molar-refractivity contribution is 0.0746. The second-order valence-electron chi connectivity index (χ2n) is 8.16.